The Hall–Kier alpha value is -3.65. The number of rotatable bonds is 1. The Balaban J connectivity index is 1.41. The van der Waals surface area contributed by atoms with Gasteiger partial charge in [-0.3, -0.25) is 14.4 Å². The molecule has 164 valence electrons. The molecule has 33 heavy (non-hydrogen) atoms. The van der Waals surface area contributed by atoms with Crippen LogP contribution in [0, 0.1) is 6.92 Å². The highest BCUT2D eigenvalue weighted by atomic mass is 16.5. The van der Waals surface area contributed by atoms with Gasteiger partial charge in [-0.15, -0.1) is 0 Å². The lowest BCUT2D eigenvalue weighted by Gasteiger charge is -2.36. The predicted molar refractivity (Wildman–Crippen MR) is 124 cm³/mol. The van der Waals surface area contributed by atoms with E-state index in [0.29, 0.717) is 17.8 Å². The summed E-state index contributed by atoms with van der Waals surface area (Å²) in [6.07, 6.45) is 3.16. The van der Waals surface area contributed by atoms with Crippen LogP contribution in [0.2, 0.25) is 0 Å². The van der Waals surface area contributed by atoms with E-state index in [9.17, 15) is 4.79 Å². The average molecular weight is 438 g/mol. The number of aromatic amines is 1. The largest absolute Gasteiger partial charge is 0.374 e. The fourth-order valence-electron chi connectivity index (χ4n) is 6.37. The Morgan fingerprint density at radius 3 is 2.94 bits per heavy atom. The summed E-state index contributed by atoms with van der Waals surface area (Å²) in [5, 5.41) is 4.58. The van der Waals surface area contributed by atoms with Crippen LogP contribution in [-0.4, -0.2) is 51.0 Å². The van der Waals surface area contributed by atoms with Gasteiger partial charge in [0.2, 0.25) is 0 Å². The van der Waals surface area contributed by atoms with Crippen molar-refractivity contribution in [3.63, 3.8) is 0 Å². The first kappa shape index (κ1) is 17.9. The molecule has 4 aliphatic heterocycles. The number of H-pyrrole nitrogens is 1. The van der Waals surface area contributed by atoms with E-state index in [2.05, 4.69) is 38.2 Å². The summed E-state index contributed by atoms with van der Waals surface area (Å²) in [6, 6.07) is 11.0. The topological polar surface area (TPSA) is 79.3 Å². The van der Waals surface area contributed by atoms with E-state index in [1.807, 2.05) is 35.7 Å². The molecule has 1 N–H and O–H groups in total. The smallest absolute Gasteiger partial charge is 0.280 e. The minimum atomic E-state index is -0.174. The van der Waals surface area contributed by atoms with Gasteiger partial charge in [0.15, 0.2) is 5.69 Å². The number of ether oxygens (including phenoxy) is 1. The number of carbonyl (C=O) groups excluding carboxylic acids is 1. The molecule has 1 amide bonds. The first-order valence-corrected chi connectivity index (χ1v) is 11.5. The number of amides is 1. The van der Waals surface area contributed by atoms with E-state index in [-0.39, 0.29) is 11.9 Å². The quantitative estimate of drug-likeness (QED) is 0.493. The van der Waals surface area contributed by atoms with Gasteiger partial charge in [0.05, 0.1) is 47.8 Å². The number of anilines is 2. The minimum absolute atomic E-state index is 0.0430. The third kappa shape index (κ3) is 2.08. The zero-order valence-corrected chi connectivity index (χ0v) is 18.4. The number of nitrogens with one attached hydrogen (secondary N) is 1. The predicted octanol–water partition coefficient (Wildman–Crippen LogP) is 3.31. The molecule has 8 nitrogen and oxygen atoms in total. The number of benzene rings is 2. The first-order chi connectivity index (χ1) is 16.1. The van der Waals surface area contributed by atoms with Gasteiger partial charge in [-0.1, -0.05) is 6.07 Å². The molecule has 0 radical (unpaired) electrons. The van der Waals surface area contributed by atoms with Crippen LogP contribution in [0.1, 0.15) is 39.8 Å². The van der Waals surface area contributed by atoms with Gasteiger partial charge in [0, 0.05) is 36.1 Å². The molecule has 2 aromatic carbocycles. The van der Waals surface area contributed by atoms with Crippen LogP contribution < -0.4 is 9.80 Å². The van der Waals surface area contributed by atoms with Gasteiger partial charge < -0.3 is 14.6 Å². The van der Waals surface area contributed by atoms with Crippen LogP contribution in [0.25, 0.3) is 22.2 Å². The Morgan fingerprint density at radius 2 is 2.12 bits per heavy atom. The molecule has 1 unspecified atom stereocenters. The number of carbonyl (C=O) groups is 1. The van der Waals surface area contributed by atoms with Gasteiger partial charge in [0.1, 0.15) is 0 Å². The molecule has 0 aliphatic carbocycles. The molecular formula is C25H22N6O2. The number of aromatic nitrogens is 4. The Bertz CT molecular complexity index is 1520. The summed E-state index contributed by atoms with van der Waals surface area (Å²) in [6.45, 7) is 3.78. The Kier molecular flexibility index (Phi) is 3.15. The zero-order valence-electron chi connectivity index (χ0n) is 18.4. The second-order valence-corrected chi connectivity index (χ2v) is 9.58. The summed E-state index contributed by atoms with van der Waals surface area (Å²) in [4.78, 5) is 25.9. The van der Waals surface area contributed by atoms with E-state index in [1.165, 1.54) is 5.69 Å². The molecule has 0 spiro atoms. The van der Waals surface area contributed by atoms with Crippen LogP contribution in [0.15, 0.2) is 36.7 Å². The normalized spacial score (nSPS) is 24.4. The highest BCUT2D eigenvalue weighted by Crippen LogP contribution is 2.54. The maximum absolute atomic E-state index is 13.6. The van der Waals surface area contributed by atoms with Crippen LogP contribution in [-0.2, 0) is 11.8 Å². The summed E-state index contributed by atoms with van der Waals surface area (Å²) < 4.78 is 7.65. The fraction of sp³-hybridized carbons (Fsp3) is 0.320. The Morgan fingerprint density at radius 1 is 1.21 bits per heavy atom. The number of nitrogens with zero attached hydrogens (tertiary/aromatic N) is 5. The molecule has 2 saturated heterocycles. The number of fused-ring (bicyclic) bond motifs is 12. The standard InChI is InChI=1S/C25H22N6O2/c1-12-20-23(28-29(12)2)25(32)31-19-6-5-18-22(27-11-26-18)21(19)17-8-13(3-4-16(17)24(20)31)30-9-15-7-14(30)10-33-15/h3-6,8,11,14-15,24H,7,9-10H2,1-2H3,(H,26,27)/t14-,15-,24?/m0/s1. The van der Waals surface area contributed by atoms with Crippen LogP contribution >= 0.6 is 0 Å². The van der Waals surface area contributed by atoms with Crippen molar-refractivity contribution in [1.29, 1.82) is 0 Å². The van der Waals surface area contributed by atoms with Gasteiger partial charge in [-0.2, -0.15) is 5.10 Å². The summed E-state index contributed by atoms with van der Waals surface area (Å²) in [5.74, 6) is -0.0430. The monoisotopic (exact) mass is 438 g/mol. The third-order valence-corrected chi connectivity index (χ3v) is 8.00. The molecule has 0 saturated carbocycles. The highest BCUT2D eigenvalue weighted by Gasteiger charge is 2.48. The third-order valence-electron chi connectivity index (χ3n) is 8.00. The highest BCUT2D eigenvalue weighted by molar-refractivity contribution is 6.17. The molecule has 4 aromatic rings. The van der Waals surface area contributed by atoms with Crippen molar-refractivity contribution >= 4 is 28.3 Å². The molecule has 2 bridgehead atoms. The summed E-state index contributed by atoms with van der Waals surface area (Å²) in [5.41, 5.74) is 9.87. The molecule has 4 aliphatic rings. The molecule has 2 fully saturated rings. The molecule has 3 atom stereocenters. The second kappa shape index (κ2) is 5.82. The van der Waals surface area contributed by atoms with Crippen LogP contribution in [0.4, 0.5) is 11.4 Å². The molecular weight excluding hydrogens is 416 g/mol. The van der Waals surface area contributed by atoms with E-state index >= 15 is 0 Å². The molecule has 8 heteroatoms. The van der Waals surface area contributed by atoms with Crippen LogP contribution in [0.3, 0.4) is 0 Å². The molecule has 6 heterocycles. The Labute approximate surface area is 189 Å². The first-order valence-electron chi connectivity index (χ1n) is 11.5. The van der Waals surface area contributed by atoms with E-state index in [4.69, 9.17) is 4.74 Å². The SMILES string of the molecule is Cc1c2c(nn1C)C(=O)N1c3ccc4[nH]cnc4c3-c3cc(N4C[C@@H]5C[C@H]4CO5)ccc3C21. The minimum Gasteiger partial charge on any atom is -0.374 e. The number of morpholine rings is 1. The maximum atomic E-state index is 13.6. The van der Waals surface area contributed by atoms with E-state index in [0.717, 1.165) is 64.2 Å². The van der Waals surface area contributed by atoms with E-state index < -0.39 is 0 Å². The molecule has 2 aromatic heterocycles. The van der Waals surface area contributed by atoms with Crippen LogP contribution in [0.5, 0.6) is 0 Å². The second-order valence-electron chi connectivity index (χ2n) is 9.58. The zero-order chi connectivity index (χ0) is 22.0. The lowest BCUT2D eigenvalue weighted by Crippen LogP contribution is -2.37. The van der Waals surface area contributed by atoms with Crippen molar-refractivity contribution in [3.8, 4) is 11.1 Å². The van der Waals surface area contributed by atoms with Crippen molar-refractivity contribution in [1.82, 2.24) is 19.7 Å². The number of imidazole rings is 1. The number of aryl methyl sites for hydroxylation is 1. The van der Waals surface area contributed by atoms with Crippen molar-refractivity contribution in [2.45, 2.75) is 31.5 Å². The van der Waals surface area contributed by atoms with Crippen molar-refractivity contribution < 1.29 is 9.53 Å². The van der Waals surface area contributed by atoms with Gasteiger partial charge >= 0.3 is 0 Å². The van der Waals surface area contributed by atoms with Crippen molar-refractivity contribution in [2.24, 2.45) is 7.05 Å². The van der Waals surface area contributed by atoms with Crippen molar-refractivity contribution in [3.05, 3.63) is 59.2 Å². The van der Waals surface area contributed by atoms with E-state index in [1.54, 1.807) is 6.33 Å². The number of hydrogen-bond acceptors (Lipinski definition) is 5. The molecule has 8 rings (SSSR count). The fourth-order valence-corrected chi connectivity index (χ4v) is 6.37. The van der Waals surface area contributed by atoms with Crippen molar-refractivity contribution in [2.75, 3.05) is 23.0 Å². The average Bonchev–Trinajstić information content (AvgIpc) is 3.64. The van der Waals surface area contributed by atoms with Gasteiger partial charge in [-0.25, -0.2) is 4.98 Å². The summed E-state index contributed by atoms with van der Waals surface area (Å²) >= 11 is 0. The van der Waals surface area contributed by atoms with Gasteiger partial charge in [0.25, 0.3) is 5.91 Å². The lowest BCUT2D eigenvalue weighted by molar-refractivity contribution is 0.0985. The lowest BCUT2D eigenvalue weighted by atomic mass is 9.85. The maximum Gasteiger partial charge on any atom is 0.280 e. The summed E-state index contributed by atoms with van der Waals surface area (Å²) in [7, 11) is 1.91. The van der Waals surface area contributed by atoms with Gasteiger partial charge in [-0.05, 0) is 48.7 Å². The number of hydrogen-bond donors (Lipinski definition) is 1.